The number of carbonyl (C=O) groups is 1. The molecule has 6 nitrogen and oxygen atoms in total. The minimum Gasteiger partial charge on any atom is -0.346 e. The zero-order valence-corrected chi connectivity index (χ0v) is 14.8. The van der Waals surface area contributed by atoms with Crippen LogP contribution in [0, 0.1) is 5.92 Å². The standard InChI is InChI=1S/C19H23N5O/c1-4-24-17-8-6-5-7-16(17)22-18(24)12(2)21-19(25)15-9-14(15)13-10-20-23(3)11-13/h5-8,10-12,14-15H,4,9H2,1-3H3,(H,21,25)/t12-,14+,15-/m0/s1. The van der Waals surface area contributed by atoms with Gasteiger partial charge in [0.25, 0.3) is 0 Å². The lowest BCUT2D eigenvalue weighted by molar-refractivity contribution is -0.123. The fourth-order valence-corrected chi connectivity index (χ4v) is 3.63. The Labute approximate surface area is 146 Å². The minimum atomic E-state index is -0.116. The molecule has 1 aliphatic carbocycles. The second kappa shape index (κ2) is 6.02. The van der Waals surface area contributed by atoms with Gasteiger partial charge in [0.1, 0.15) is 5.82 Å². The lowest BCUT2D eigenvalue weighted by Gasteiger charge is -2.15. The second-order valence-electron chi connectivity index (χ2n) is 6.83. The van der Waals surface area contributed by atoms with E-state index in [0.717, 1.165) is 35.4 Å². The third-order valence-electron chi connectivity index (χ3n) is 5.03. The molecule has 1 saturated carbocycles. The summed E-state index contributed by atoms with van der Waals surface area (Å²) in [7, 11) is 1.90. The average molecular weight is 337 g/mol. The molecule has 0 aliphatic heterocycles. The molecule has 4 rings (SSSR count). The molecule has 1 N–H and O–H groups in total. The Bertz CT molecular complexity index is 925. The maximum absolute atomic E-state index is 12.6. The summed E-state index contributed by atoms with van der Waals surface area (Å²) >= 11 is 0. The summed E-state index contributed by atoms with van der Waals surface area (Å²) in [6.07, 6.45) is 4.75. The molecule has 0 spiro atoms. The van der Waals surface area contributed by atoms with E-state index in [9.17, 15) is 4.79 Å². The van der Waals surface area contributed by atoms with Crippen molar-refractivity contribution in [1.29, 1.82) is 0 Å². The van der Waals surface area contributed by atoms with Crippen molar-refractivity contribution in [1.82, 2.24) is 24.6 Å². The van der Waals surface area contributed by atoms with Gasteiger partial charge in [-0.1, -0.05) is 12.1 Å². The van der Waals surface area contributed by atoms with Crippen LogP contribution in [0.3, 0.4) is 0 Å². The highest BCUT2D eigenvalue weighted by molar-refractivity contribution is 5.83. The molecule has 0 bridgehead atoms. The molecule has 1 fully saturated rings. The highest BCUT2D eigenvalue weighted by Gasteiger charge is 2.45. The first kappa shape index (κ1) is 15.9. The number of imidazole rings is 1. The molecule has 2 aromatic heterocycles. The monoisotopic (exact) mass is 337 g/mol. The summed E-state index contributed by atoms with van der Waals surface area (Å²) in [4.78, 5) is 17.4. The van der Waals surface area contributed by atoms with E-state index in [-0.39, 0.29) is 17.9 Å². The van der Waals surface area contributed by atoms with Gasteiger partial charge in [0.05, 0.1) is 23.3 Å². The summed E-state index contributed by atoms with van der Waals surface area (Å²) in [5, 5.41) is 7.35. The number of para-hydroxylation sites is 2. The van der Waals surface area contributed by atoms with Crippen molar-refractivity contribution < 1.29 is 4.79 Å². The molecule has 1 aliphatic rings. The number of nitrogens with one attached hydrogen (secondary N) is 1. The van der Waals surface area contributed by atoms with Crippen molar-refractivity contribution in [2.75, 3.05) is 0 Å². The second-order valence-corrected chi connectivity index (χ2v) is 6.83. The third-order valence-corrected chi connectivity index (χ3v) is 5.03. The fraction of sp³-hybridized carbons (Fsp3) is 0.421. The van der Waals surface area contributed by atoms with Gasteiger partial charge in [-0.2, -0.15) is 5.10 Å². The average Bonchev–Trinajstić information content (AvgIpc) is 3.14. The zero-order valence-electron chi connectivity index (χ0n) is 14.8. The van der Waals surface area contributed by atoms with Crippen LogP contribution in [0.2, 0.25) is 0 Å². The van der Waals surface area contributed by atoms with Crippen LogP contribution in [0.25, 0.3) is 11.0 Å². The number of carbonyl (C=O) groups excluding carboxylic acids is 1. The predicted molar refractivity (Wildman–Crippen MR) is 96.0 cm³/mol. The molecule has 0 unspecified atom stereocenters. The highest BCUT2D eigenvalue weighted by Crippen LogP contribution is 2.47. The van der Waals surface area contributed by atoms with E-state index in [2.05, 4.69) is 28.0 Å². The Morgan fingerprint density at radius 2 is 2.20 bits per heavy atom. The molecule has 130 valence electrons. The van der Waals surface area contributed by atoms with E-state index >= 15 is 0 Å². The van der Waals surface area contributed by atoms with Crippen molar-refractivity contribution in [3.63, 3.8) is 0 Å². The van der Waals surface area contributed by atoms with Gasteiger partial charge in [-0.3, -0.25) is 9.48 Å². The molecular formula is C19H23N5O. The van der Waals surface area contributed by atoms with Gasteiger partial charge in [0.15, 0.2) is 0 Å². The van der Waals surface area contributed by atoms with Gasteiger partial charge in [-0.05, 0) is 43.9 Å². The van der Waals surface area contributed by atoms with Gasteiger partial charge < -0.3 is 9.88 Å². The van der Waals surface area contributed by atoms with E-state index in [1.165, 1.54) is 0 Å². The van der Waals surface area contributed by atoms with Gasteiger partial charge in [-0.15, -0.1) is 0 Å². The third kappa shape index (κ3) is 2.81. The predicted octanol–water partition coefficient (Wildman–Crippen LogP) is 2.77. The van der Waals surface area contributed by atoms with Gasteiger partial charge in [-0.25, -0.2) is 4.98 Å². The highest BCUT2D eigenvalue weighted by atomic mass is 16.2. The van der Waals surface area contributed by atoms with Gasteiger partial charge in [0, 0.05) is 25.7 Å². The molecule has 1 aromatic carbocycles. The Kier molecular flexibility index (Phi) is 3.82. The van der Waals surface area contributed by atoms with E-state index < -0.39 is 0 Å². The maximum Gasteiger partial charge on any atom is 0.224 e. The van der Waals surface area contributed by atoms with Crippen molar-refractivity contribution in [3.05, 3.63) is 48.0 Å². The van der Waals surface area contributed by atoms with Crippen molar-refractivity contribution in [3.8, 4) is 0 Å². The normalized spacial score (nSPS) is 20.6. The van der Waals surface area contributed by atoms with E-state index in [1.807, 2.05) is 44.6 Å². The number of hydrogen-bond acceptors (Lipinski definition) is 3. The van der Waals surface area contributed by atoms with Crippen molar-refractivity contribution >= 4 is 16.9 Å². The van der Waals surface area contributed by atoms with Crippen LogP contribution in [0.1, 0.15) is 43.6 Å². The van der Waals surface area contributed by atoms with Crippen LogP contribution in [0.15, 0.2) is 36.7 Å². The summed E-state index contributed by atoms with van der Waals surface area (Å²) < 4.78 is 3.96. The molecule has 0 saturated heterocycles. The first-order valence-electron chi connectivity index (χ1n) is 8.82. The molecule has 3 atom stereocenters. The number of amides is 1. The van der Waals surface area contributed by atoms with E-state index in [4.69, 9.17) is 4.98 Å². The maximum atomic E-state index is 12.6. The molecule has 2 heterocycles. The smallest absolute Gasteiger partial charge is 0.224 e. The quantitative estimate of drug-likeness (QED) is 0.778. The van der Waals surface area contributed by atoms with Crippen LogP contribution >= 0.6 is 0 Å². The summed E-state index contributed by atoms with van der Waals surface area (Å²) in [6.45, 7) is 4.94. The number of benzene rings is 1. The minimum absolute atomic E-state index is 0.0473. The number of aryl methyl sites for hydroxylation is 2. The fourth-order valence-electron chi connectivity index (χ4n) is 3.63. The Morgan fingerprint density at radius 1 is 1.40 bits per heavy atom. The lowest BCUT2D eigenvalue weighted by Crippen LogP contribution is -2.30. The summed E-state index contributed by atoms with van der Waals surface area (Å²) in [6, 6.07) is 7.98. The topological polar surface area (TPSA) is 64.7 Å². The number of nitrogens with zero attached hydrogens (tertiary/aromatic N) is 4. The van der Waals surface area contributed by atoms with Crippen LogP contribution in [0.4, 0.5) is 0 Å². The molecule has 25 heavy (non-hydrogen) atoms. The van der Waals surface area contributed by atoms with Crippen LogP contribution in [0.5, 0.6) is 0 Å². The van der Waals surface area contributed by atoms with Crippen LogP contribution in [-0.2, 0) is 18.4 Å². The van der Waals surface area contributed by atoms with Crippen LogP contribution < -0.4 is 5.32 Å². The molecule has 3 aromatic rings. The van der Waals surface area contributed by atoms with Crippen LogP contribution in [-0.4, -0.2) is 25.2 Å². The SMILES string of the molecule is CCn1c([C@H](C)NC(=O)[C@H]2C[C@@H]2c2cnn(C)c2)nc2ccccc21. The largest absolute Gasteiger partial charge is 0.346 e. The number of fused-ring (bicyclic) bond motifs is 1. The van der Waals surface area contributed by atoms with E-state index in [1.54, 1.807) is 4.68 Å². The van der Waals surface area contributed by atoms with Crippen molar-refractivity contribution in [2.45, 2.75) is 38.8 Å². The first-order valence-corrected chi connectivity index (χ1v) is 8.82. The molecule has 0 radical (unpaired) electrons. The van der Waals surface area contributed by atoms with Crippen molar-refractivity contribution in [2.24, 2.45) is 13.0 Å². The molecule has 6 heteroatoms. The van der Waals surface area contributed by atoms with E-state index in [0.29, 0.717) is 5.92 Å². The first-order chi connectivity index (χ1) is 12.1. The van der Waals surface area contributed by atoms with Gasteiger partial charge in [0.2, 0.25) is 5.91 Å². The van der Waals surface area contributed by atoms with Gasteiger partial charge >= 0.3 is 0 Å². The Balaban J connectivity index is 1.49. The molecule has 1 amide bonds. The number of aromatic nitrogens is 4. The number of hydrogen-bond donors (Lipinski definition) is 1. The number of rotatable bonds is 5. The Hall–Kier alpha value is -2.63. The summed E-state index contributed by atoms with van der Waals surface area (Å²) in [5.74, 6) is 1.36. The lowest BCUT2D eigenvalue weighted by atomic mass is 10.2. The molecular weight excluding hydrogens is 314 g/mol. The summed E-state index contributed by atoms with van der Waals surface area (Å²) in [5.41, 5.74) is 3.23. The Morgan fingerprint density at radius 3 is 2.92 bits per heavy atom. The zero-order chi connectivity index (χ0) is 17.6.